The van der Waals surface area contributed by atoms with Gasteiger partial charge in [0.1, 0.15) is 0 Å². The van der Waals surface area contributed by atoms with E-state index in [4.69, 9.17) is 4.74 Å². The molecule has 1 aliphatic rings. The van der Waals surface area contributed by atoms with Crippen LogP contribution in [0.4, 0.5) is 10.5 Å². The number of urea groups is 1. The highest BCUT2D eigenvalue weighted by molar-refractivity contribution is 5.90. The molecule has 128 valence electrons. The third-order valence-electron chi connectivity index (χ3n) is 4.41. The molecule has 0 bridgehead atoms. The van der Waals surface area contributed by atoms with Gasteiger partial charge < -0.3 is 20.5 Å². The molecule has 5 heteroatoms. The average molecular weight is 320 g/mol. The van der Waals surface area contributed by atoms with E-state index in [1.165, 1.54) is 0 Å². The van der Waals surface area contributed by atoms with Gasteiger partial charge in [0.05, 0.1) is 18.8 Å². The molecule has 1 aromatic rings. The topological polar surface area (TPSA) is 70.6 Å². The van der Waals surface area contributed by atoms with Crippen LogP contribution in [-0.2, 0) is 11.3 Å². The van der Waals surface area contributed by atoms with Gasteiger partial charge >= 0.3 is 6.03 Å². The van der Waals surface area contributed by atoms with E-state index in [-0.39, 0.29) is 24.2 Å². The number of amides is 2. The van der Waals surface area contributed by atoms with Crippen molar-refractivity contribution in [2.24, 2.45) is 5.92 Å². The van der Waals surface area contributed by atoms with Crippen molar-refractivity contribution in [1.29, 1.82) is 0 Å². The van der Waals surface area contributed by atoms with Crippen LogP contribution >= 0.6 is 0 Å². The molecule has 0 aliphatic heterocycles. The molecule has 0 spiro atoms. The first-order valence-corrected chi connectivity index (χ1v) is 8.40. The van der Waals surface area contributed by atoms with Gasteiger partial charge in [-0.05, 0) is 50.8 Å². The zero-order valence-electron chi connectivity index (χ0n) is 14.3. The smallest absolute Gasteiger partial charge is 0.319 e. The largest absolute Gasteiger partial charge is 0.393 e. The second kappa shape index (κ2) is 8.31. The number of benzene rings is 1. The van der Waals surface area contributed by atoms with E-state index >= 15 is 0 Å². The van der Waals surface area contributed by atoms with Gasteiger partial charge in [-0.25, -0.2) is 4.79 Å². The third kappa shape index (κ3) is 5.22. The van der Waals surface area contributed by atoms with E-state index in [2.05, 4.69) is 10.6 Å². The van der Waals surface area contributed by atoms with Crippen LogP contribution in [-0.4, -0.2) is 29.9 Å². The Bertz CT molecular complexity index is 531. The number of nitrogens with one attached hydrogen (secondary N) is 2. The number of carbonyl (C=O) groups excluding carboxylic acids is 1. The molecule has 0 aromatic heterocycles. The Morgan fingerprint density at radius 3 is 2.83 bits per heavy atom. The quantitative estimate of drug-likeness (QED) is 0.754. The Hall–Kier alpha value is -1.59. The van der Waals surface area contributed by atoms with Crippen molar-refractivity contribution in [2.45, 2.75) is 58.8 Å². The summed E-state index contributed by atoms with van der Waals surface area (Å²) in [5.74, 6) is 0.174. The minimum Gasteiger partial charge on any atom is -0.393 e. The molecule has 0 saturated heterocycles. The predicted molar refractivity (Wildman–Crippen MR) is 91.5 cm³/mol. The average Bonchev–Trinajstić information content (AvgIpc) is 2.91. The molecule has 1 fully saturated rings. The molecule has 5 nitrogen and oxygen atoms in total. The highest BCUT2D eigenvalue weighted by Gasteiger charge is 2.25. The fourth-order valence-corrected chi connectivity index (χ4v) is 2.88. The number of hydrogen-bond acceptors (Lipinski definition) is 3. The Morgan fingerprint density at radius 2 is 2.17 bits per heavy atom. The Balaban J connectivity index is 1.88. The summed E-state index contributed by atoms with van der Waals surface area (Å²) >= 11 is 0. The monoisotopic (exact) mass is 320 g/mol. The van der Waals surface area contributed by atoms with Crippen LogP contribution in [0.5, 0.6) is 0 Å². The summed E-state index contributed by atoms with van der Waals surface area (Å²) in [7, 11) is 0. The molecule has 1 aliphatic carbocycles. The molecular weight excluding hydrogens is 292 g/mol. The maximum absolute atomic E-state index is 12.1. The minimum atomic E-state index is -0.284. The van der Waals surface area contributed by atoms with Gasteiger partial charge in [-0.2, -0.15) is 0 Å². The normalized spacial score (nSPS) is 20.7. The number of aliphatic hydroxyl groups excluding tert-OH is 1. The summed E-state index contributed by atoms with van der Waals surface area (Å²) in [6.07, 6.45) is 2.74. The lowest BCUT2D eigenvalue weighted by Crippen LogP contribution is -2.35. The lowest BCUT2D eigenvalue weighted by Gasteiger charge is -2.17. The molecule has 3 N–H and O–H groups in total. The lowest BCUT2D eigenvalue weighted by molar-refractivity contribution is 0.0654. The first kappa shape index (κ1) is 17.8. The SMILES string of the molecule is Cc1c(COC(C)C)cccc1NC(=O)NC[C@@H]1CCC[C@H]1O. The van der Waals surface area contributed by atoms with Crippen LogP contribution < -0.4 is 10.6 Å². The number of rotatable bonds is 6. The predicted octanol–water partition coefficient (Wildman–Crippen LogP) is 3.20. The van der Waals surface area contributed by atoms with Gasteiger partial charge in [-0.1, -0.05) is 18.6 Å². The number of ether oxygens (including phenoxy) is 1. The second-order valence-corrected chi connectivity index (χ2v) is 6.54. The molecule has 23 heavy (non-hydrogen) atoms. The van der Waals surface area contributed by atoms with E-state index < -0.39 is 0 Å². The standard InChI is InChI=1S/C18H28N2O3/c1-12(2)23-11-15-7-4-8-16(13(15)3)20-18(22)19-10-14-6-5-9-17(14)21/h4,7-8,12,14,17,21H,5-6,9-11H2,1-3H3,(H2,19,20,22)/t14-,17+/m0/s1. The van der Waals surface area contributed by atoms with E-state index in [0.717, 1.165) is 36.1 Å². The first-order valence-electron chi connectivity index (χ1n) is 8.40. The molecule has 1 aromatic carbocycles. The number of anilines is 1. The van der Waals surface area contributed by atoms with Gasteiger partial charge in [0.2, 0.25) is 0 Å². The Labute approximate surface area is 138 Å². The van der Waals surface area contributed by atoms with Crippen molar-refractivity contribution < 1.29 is 14.6 Å². The molecule has 1 saturated carbocycles. The van der Waals surface area contributed by atoms with E-state index in [1.807, 2.05) is 39.0 Å². The van der Waals surface area contributed by atoms with E-state index in [0.29, 0.717) is 13.2 Å². The van der Waals surface area contributed by atoms with Gasteiger partial charge in [-0.15, -0.1) is 0 Å². The van der Waals surface area contributed by atoms with Crippen LogP contribution in [0.3, 0.4) is 0 Å². The fraction of sp³-hybridized carbons (Fsp3) is 0.611. The Morgan fingerprint density at radius 1 is 1.39 bits per heavy atom. The minimum absolute atomic E-state index is 0.173. The molecule has 0 unspecified atom stereocenters. The molecule has 2 amide bonds. The van der Waals surface area contributed by atoms with Crippen LogP contribution in [0.1, 0.15) is 44.2 Å². The van der Waals surface area contributed by atoms with Crippen molar-refractivity contribution in [1.82, 2.24) is 5.32 Å². The number of carbonyl (C=O) groups is 1. The zero-order valence-corrected chi connectivity index (χ0v) is 14.3. The van der Waals surface area contributed by atoms with Crippen LogP contribution in [0.25, 0.3) is 0 Å². The third-order valence-corrected chi connectivity index (χ3v) is 4.41. The summed E-state index contributed by atoms with van der Waals surface area (Å²) in [6, 6.07) is 5.59. The summed E-state index contributed by atoms with van der Waals surface area (Å²) in [5.41, 5.74) is 2.88. The number of aliphatic hydroxyl groups is 1. The van der Waals surface area contributed by atoms with Crippen LogP contribution in [0.15, 0.2) is 18.2 Å². The molecular formula is C18H28N2O3. The maximum atomic E-state index is 12.1. The summed E-state index contributed by atoms with van der Waals surface area (Å²) in [6.45, 7) is 7.04. The van der Waals surface area contributed by atoms with Crippen molar-refractivity contribution in [3.8, 4) is 0 Å². The van der Waals surface area contributed by atoms with Crippen molar-refractivity contribution >= 4 is 11.7 Å². The summed E-state index contributed by atoms with van der Waals surface area (Å²) in [4.78, 5) is 12.1. The number of hydrogen-bond donors (Lipinski definition) is 3. The zero-order chi connectivity index (χ0) is 16.8. The van der Waals surface area contributed by atoms with Gasteiger partial charge in [0.25, 0.3) is 0 Å². The van der Waals surface area contributed by atoms with Crippen molar-refractivity contribution in [3.63, 3.8) is 0 Å². The van der Waals surface area contributed by atoms with Crippen LogP contribution in [0, 0.1) is 12.8 Å². The van der Waals surface area contributed by atoms with Crippen molar-refractivity contribution in [2.75, 3.05) is 11.9 Å². The van der Waals surface area contributed by atoms with Crippen molar-refractivity contribution in [3.05, 3.63) is 29.3 Å². The van der Waals surface area contributed by atoms with Gasteiger partial charge in [0, 0.05) is 18.2 Å². The summed E-state index contributed by atoms with van der Waals surface area (Å²) < 4.78 is 5.64. The molecule has 0 heterocycles. The highest BCUT2D eigenvalue weighted by Crippen LogP contribution is 2.25. The van der Waals surface area contributed by atoms with E-state index in [9.17, 15) is 9.90 Å². The van der Waals surface area contributed by atoms with Gasteiger partial charge in [0.15, 0.2) is 0 Å². The fourth-order valence-electron chi connectivity index (χ4n) is 2.88. The molecule has 2 atom stereocenters. The van der Waals surface area contributed by atoms with Gasteiger partial charge in [-0.3, -0.25) is 0 Å². The highest BCUT2D eigenvalue weighted by atomic mass is 16.5. The second-order valence-electron chi connectivity index (χ2n) is 6.54. The maximum Gasteiger partial charge on any atom is 0.319 e. The van der Waals surface area contributed by atoms with E-state index in [1.54, 1.807) is 0 Å². The Kier molecular flexibility index (Phi) is 6.42. The molecule has 2 rings (SSSR count). The molecule has 0 radical (unpaired) electrons. The first-order chi connectivity index (χ1) is 11.0. The lowest BCUT2D eigenvalue weighted by atomic mass is 10.1. The summed E-state index contributed by atoms with van der Waals surface area (Å²) in [5, 5.41) is 15.5. The van der Waals surface area contributed by atoms with Crippen LogP contribution in [0.2, 0.25) is 0 Å².